The van der Waals surface area contributed by atoms with E-state index in [1.54, 1.807) is 19.5 Å². The number of para-hydroxylation sites is 2. The van der Waals surface area contributed by atoms with Crippen molar-refractivity contribution < 1.29 is 4.74 Å². The van der Waals surface area contributed by atoms with Crippen molar-refractivity contribution in [3.63, 3.8) is 0 Å². The molecule has 2 N–H and O–H groups in total. The first-order chi connectivity index (χ1) is 9.78. The molecule has 102 valence electrons. The van der Waals surface area contributed by atoms with Crippen LogP contribution >= 0.6 is 0 Å². The van der Waals surface area contributed by atoms with Gasteiger partial charge in [0.15, 0.2) is 0 Å². The molecule has 0 fully saturated rings. The van der Waals surface area contributed by atoms with Gasteiger partial charge in [-0.1, -0.05) is 12.1 Å². The lowest BCUT2D eigenvalue weighted by Crippen LogP contribution is -2.17. The van der Waals surface area contributed by atoms with E-state index in [4.69, 9.17) is 10.5 Å². The Labute approximate surface area is 117 Å². The summed E-state index contributed by atoms with van der Waals surface area (Å²) in [5.74, 6) is 0.716. The molecule has 0 radical (unpaired) electrons. The minimum Gasteiger partial charge on any atom is -0.495 e. The summed E-state index contributed by atoms with van der Waals surface area (Å²) in [6.07, 6.45) is 5.26. The Bertz CT molecular complexity index is 722. The lowest BCUT2D eigenvalue weighted by Gasteiger charge is -2.14. The van der Waals surface area contributed by atoms with Gasteiger partial charge in [0.25, 0.3) is 0 Å². The van der Waals surface area contributed by atoms with E-state index in [1.807, 2.05) is 36.7 Å². The van der Waals surface area contributed by atoms with Crippen molar-refractivity contribution in [3.05, 3.63) is 54.6 Å². The van der Waals surface area contributed by atoms with Gasteiger partial charge in [0.2, 0.25) is 0 Å². The van der Waals surface area contributed by atoms with Crippen molar-refractivity contribution in [2.75, 3.05) is 7.11 Å². The molecular formula is C15H16N4O. The van der Waals surface area contributed by atoms with Crippen molar-refractivity contribution in [2.24, 2.45) is 5.73 Å². The van der Waals surface area contributed by atoms with Crippen LogP contribution in [0.25, 0.3) is 11.0 Å². The molecular weight excluding hydrogens is 252 g/mol. The van der Waals surface area contributed by atoms with Crippen LogP contribution in [-0.4, -0.2) is 21.6 Å². The highest BCUT2D eigenvalue weighted by molar-refractivity contribution is 5.74. The smallest absolute Gasteiger partial charge is 0.137 e. The number of imidazole rings is 1. The molecule has 5 nitrogen and oxygen atoms in total. The highest BCUT2D eigenvalue weighted by Gasteiger charge is 2.10. The molecule has 0 bridgehead atoms. The Balaban J connectivity index is 1.86. The van der Waals surface area contributed by atoms with Crippen molar-refractivity contribution in [1.29, 1.82) is 0 Å². The maximum atomic E-state index is 6.26. The van der Waals surface area contributed by atoms with Crippen LogP contribution in [0.15, 0.2) is 49.1 Å². The van der Waals surface area contributed by atoms with Gasteiger partial charge in [0.1, 0.15) is 5.75 Å². The Hall–Kier alpha value is -2.40. The molecule has 0 saturated carbocycles. The van der Waals surface area contributed by atoms with Gasteiger partial charge in [-0.15, -0.1) is 0 Å². The standard InChI is InChI=1S/C15H16N4O/c1-20-12-6-11(7-17-8-12)13(16)9-19-10-18-14-4-2-3-5-15(14)19/h2-8,10,13H,9,16H2,1H3. The molecule has 3 aromatic rings. The van der Waals surface area contributed by atoms with Crippen LogP contribution in [0.4, 0.5) is 0 Å². The average molecular weight is 268 g/mol. The first-order valence-electron chi connectivity index (χ1n) is 6.42. The van der Waals surface area contributed by atoms with Gasteiger partial charge in [-0.05, 0) is 23.8 Å². The second-order valence-electron chi connectivity index (χ2n) is 4.65. The predicted molar refractivity (Wildman–Crippen MR) is 77.5 cm³/mol. The van der Waals surface area contributed by atoms with E-state index < -0.39 is 0 Å². The predicted octanol–water partition coefficient (Wildman–Crippen LogP) is 2.14. The number of nitrogens with zero attached hydrogens (tertiary/aromatic N) is 3. The molecule has 0 amide bonds. The third-order valence-electron chi connectivity index (χ3n) is 3.32. The quantitative estimate of drug-likeness (QED) is 0.787. The van der Waals surface area contributed by atoms with Gasteiger partial charge in [-0.2, -0.15) is 0 Å². The number of ether oxygens (including phenoxy) is 1. The summed E-state index contributed by atoms with van der Waals surface area (Å²) >= 11 is 0. The fourth-order valence-corrected chi connectivity index (χ4v) is 2.22. The van der Waals surface area contributed by atoms with Crippen LogP contribution in [0.1, 0.15) is 11.6 Å². The minimum absolute atomic E-state index is 0.157. The second kappa shape index (κ2) is 5.30. The Morgan fingerprint density at radius 2 is 2.15 bits per heavy atom. The third-order valence-corrected chi connectivity index (χ3v) is 3.32. The van der Waals surface area contributed by atoms with E-state index in [0.29, 0.717) is 12.3 Å². The number of hydrogen-bond acceptors (Lipinski definition) is 4. The van der Waals surface area contributed by atoms with Crippen LogP contribution in [0, 0.1) is 0 Å². The maximum absolute atomic E-state index is 6.26. The molecule has 2 aromatic heterocycles. The number of hydrogen-bond donors (Lipinski definition) is 1. The van der Waals surface area contributed by atoms with Crippen molar-refractivity contribution in [1.82, 2.24) is 14.5 Å². The fraction of sp³-hybridized carbons (Fsp3) is 0.200. The zero-order valence-electron chi connectivity index (χ0n) is 11.2. The highest BCUT2D eigenvalue weighted by atomic mass is 16.5. The summed E-state index contributed by atoms with van der Waals surface area (Å²) in [6.45, 7) is 0.648. The molecule has 3 rings (SSSR count). The summed E-state index contributed by atoms with van der Waals surface area (Å²) in [5.41, 5.74) is 9.26. The van der Waals surface area contributed by atoms with Crippen molar-refractivity contribution >= 4 is 11.0 Å². The SMILES string of the molecule is COc1cncc(C(N)Cn2cnc3ccccc32)c1. The van der Waals surface area contributed by atoms with E-state index in [0.717, 1.165) is 16.6 Å². The number of benzene rings is 1. The molecule has 1 aromatic carbocycles. The topological polar surface area (TPSA) is 66.0 Å². The number of aromatic nitrogens is 3. The summed E-state index contributed by atoms with van der Waals surface area (Å²) in [5, 5.41) is 0. The van der Waals surface area contributed by atoms with E-state index in [9.17, 15) is 0 Å². The van der Waals surface area contributed by atoms with Gasteiger partial charge in [0, 0.05) is 18.8 Å². The van der Waals surface area contributed by atoms with Crippen molar-refractivity contribution in [3.8, 4) is 5.75 Å². The normalized spacial score (nSPS) is 12.5. The monoisotopic (exact) mass is 268 g/mol. The van der Waals surface area contributed by atoms with Crippen LogP contribution in [0.5, 0.6) is 5.75 Å². The van der Waals surface area contributed by atoms with Gasteiger partial charge >= 0.3 is 0 Å². The second-order valence-corrected chi connectivity index (χ2v) is 4.65. The van der Waals surface area contributed by atoms with Crippen LogP contribution in [0.2, 0.25) is 0 Å². The molecule has 5 heteroatoms. The fourth-order valence-electron chi connectivity index (χ4n) is 2.22. The molecule has 1 unspecified atom stereocenters. The largest absolute Gasteiger partial charge is 0.495 e. The molecule has 0 aliphatic carbocycles. The number of nitrogens with two attached hydrogens (primary N) is 1. The Kier molecular flexibility index (Phi) is 3.35. The molecule has 0 aliphatic heterocycles. The first-order valence-corrected chi connectivity index (χ1v) is 6.42. The Morgan fingerprint density at radius 1 is 1.30 bits per heavy atom. The summed E-state index contributed by atoms with van der Waals surface area (Å²) in [4.78, 5) is 8.50. The third kappa shape index (κ3) is 2.35. The number of rotatable bonds is 4. The van der Waals surface area contributed by atoms with Crippen LogP contribution < -0.4 is 10.5 Å². The van der Waals surface area contributed by atoms with Gasteiger partial charge < -0.3 is 15.0 Å². The minimum atomic E-state index is -0.157. The first kappa shape index (κ1) is 12.6. The van der Waals surface area contributed by atoms with Gasteiger partial charge in [0.05, 0.1) is 30.7 Å². The summed E-state index contributed by atoms with van der Waals surface area (Å²) < 4.78 is 7.23. The molecule has 1 atom stereocenters. The lowest BCUT2D eigenvalue weighted by atomic mass is 10.1. The number of methoxy groups -OCH3 is 1. The molecule has 20 heavy (non-hydrogen) atoms. The highest BCUT2D eigenvalue weighted by Crippen LogP contribution is 2.19. The zero-order valence-corrected chi connectivity index (χ0v) is 11.2. The molecule has 0 spiro atoms. The molecule has 2 heterocycles. The van der Waals surface area contributed by atoms with E-state index in [1.165, 1.54) is 0 Å². The Morgan fingerprint density at radius 3 is 3.00 bits per heavy atom. The molecule has 0 aliphatic rings. The van der Waals surface area contributed by atoms with Gasteiger partial charge in [-0.25, -0.2) is 4.98 Å². The van der Waals surface area contributed by atoms with E-state index in [2.05, 4.69) is 14.5 Å². The number of fused-ring (bicyclic) bond motifs is 1. The lowest BCUT2D eigenvalue weighted by molar-refractivity contribution is 0.411. The van der Waals surface area contributed by atoms with Crippen LogP contribution in [-0.2, 0) is 6.54 Å². The summed E-state index contributed by atoms with van der Waals surface area (Å²) in [7, 11) is 1.62. The van der Waals surface area contributed by atoms with E-state index >= 15 is 0 Å². The maximum Gasteiger partial charge on any atom is 0.137 e. The zero-order chi connectivity index (χ0) is 13.9. The molecule has 0 saturated heterocycles. The summed E-state index contributed by atoms with van der Waals surface area (Å²) in [6, 6.07) is 9.76. The van der Waals surface area contributed by atoms with Gasteiger partial charge in [-0.3, -0.25) is 4.98 Å². The van der Waals surface area contributed by atoms with Crippen molar-refractivity contribution in [2.45, 2.75) is 12.6 Å². The van der Waals surface area contributed by atoms with Crippen LogP contribution in [0.3, 0.4) is 0 Å². The average Bonchev–Trinajstić information content (AvgIpc) is 2.90. The van der Waals surface area contributed by atoms with E-state index in [-0.39, 0.29) is 6.04 Å². The number of pyridine rings is 1.